The predicted octanol–water partition coefficient (Wildman–Crippen LogP) is 0.845. The number of rotatable bonds is 7. The average Bonchev–Trinajstić information content (AvgIpc) is 3.42. The van der Waals surface area contributed by atoms with Crippen molar-refractivity contribution >= 4 is 22.8 Å². The molecule has 2 aromatic rings. The number of carbonyl (C=O) groups is 2. The Bertz CT molecular complexity index is 931. The average molecular weight is 362 g/mol. The van der Waals surface area contributed by atoms with Gasteiger partial charge in [0.2, 0.25) is 0 Å². The van der Waals surface area contributed by atoms with E-state index < -0.39 is 35.3 Å². The van der Waals surface area contributed by atoms with Crippen molar-refractivity contribution in [2.24, 2.45) is 5.92 Å². The number of hydrogen-bond donors (Lipinski definition) is 4. The summed E-state index contributed by atoms with van der Waals surface area (Å²) in [6.45, 7) is -0.199. The molecule has 0 saturated heterocycles. The number of amides is 1. The molecule has 1 aromatic heterocycles. The number of fused-ring (bicyclic) bond motifs is 1. The van der Waals surface area contributed by atoms with Gasteiger partial charge in [0.1, 0.15) is 29.4 Å². The predicted molar refractivity (Wildman–Crippen MR) is 91.0 cm³/mol. The number of nitrogens with one attached hydrogen (secondary N) is 2. The topological polar surface area (TPSA) is 138 Å². The zero-order chi connectivity index (χ0) is 18.8. The number of aromatic hydroxyl groups is 1. The number of ether oxygens (including phenoxy) is 2. The van der Waals surface area contributed by atoms with Gasteiger partial charge in [-0.3, -0.25) is 14.4 Å². The second-order valence-electron chi connectivity index (χ2n) is 6.06. The Morgan fingerprint density at radius 2 is 2.08 bits per heavy atom. The SMILES string of the molecule is COc1cc(OCC2CC2)c2[nH]c(=O)c(C(=O)NCC(=O)O)c(O)c2c1. The van der Waals surface area contributed by atoms with Gasteiger partial charge in [0.25, 0.3) is 11.5 Å². The molecular weight excluding hydrogens is 344 g/mol. The van der Waals surface area contributed by atoms with Crippen LogP contribution in [-0.2, 0) is 4.79 Å². The van der Waals surface area contributed by atoms with Gasteiger partial charge in [0, 0.05) is 11.5 Å². The minimum absolute atomic E-state index is 0.162. The third-order valence-corrected chi connectivity index (χ3v) is 4.07. The molecule has 1 amide bonds. The van der Waals surface area contributed by atoms with E-state index in [4.69, 9.17) is 14.6 Å². The highest BCUT2D eigenvalue weighted by Crippen LogP contribution is 2.37. The lowest BCUT2D eigenvalue weighted by Gasteiger charge is -2.13. The number of benzene rings is 1. The first-order valence-corrected chi connectivity index (χ1v) is 8.00. The second-order valence-corrected chi connectivity index (χ2v) is 6.06. The lowest BCUT2D eigenvalue weighted by atomic mass is 10.1. The molecule has 138 valence electrons. The Hall–Kier alpha value is -3.23. The van der Waals surface area contributed by atoms with Gasteiger partial charge in [0.15, 0.2) is 0 Å². The van der Waals surface area contributed by atoms with Crippen LogP contribution in [0.25, 0.3) is 10.9 Å². The van der Waals surface area contributed by atoms with E-state index in [9.17, 15) is 19.5 Å². The first-order valence-electron chi connectivity index (χ1n) is 8.00. The van der Waals surface area contributed by atoms with Crippen molar-refractivity contribution in [3.8, 4) is 17.2 Å². The van der Waals surface area contributed by atoms with Gasteiger partial charge < -0.3 is 30.0 Å². The van der Waals surface area contributed by atoms with Gasteiger partial charge in [-0.2, -0.15) is 0 Å². The van der Waals surface area contributed by atoms with Gasteiger partial charge in [0.05, 0.1) is 19.2 Å². The molecule has 0 unspecified atom stereocenters. The monoisotopic (exact) mass is 362 g/mol. The van der Waals surface area contributed by atoms with Crippen LogP contribution < -0.4 is 20.3 Å². The number of carboxylic acids is 1. The quantitative estimate of drug-likeness (QED) is 0.573. The molecule has 0 spiro atoms. The molecular formula is C17H18N2O7. The molecule has 1 saturated carbocycles. The van der Waals surface area contributed by atoms with E-state index in [0.717, 1.165) is 12.8 Å². The number of methoxy groups -OCH3 is 1. The molecule has 9 heteroatoms. The number of aliphatic carboxylic acids is 1. The van der Waals surface area contributed by atoms with Crippen LogP contribution in [-0.4, -0.2) is 47.3 Å². The van der Waals surface area contributed by atoms with Crippen LogP contribution in [0.4, 0.5) is 0 Å². The molecule has 1 heterocycles. The zero-order valence-electron chi connectivity index (χ0n) is 14.0. The van der Waals surface area contributed by atoms with Crippen molar-refractivity contribution in [3.05, 3.63) is 28.0 Å². The van der Waals surface area contributed by atoms with Crippen LogP contribution in [0.3, 0.4) is 0 Å². The zero-order valence-corrected chi connectivity index (χ0v) is 14.0. The number of pyridine rings is 1. The van der Waals surface area contributed by atoms with E-state index >= 15 is 0 Å². The van der Waals surface area contributed by atoms with Crippen molar-refractivity contribution in [1.29, 1.82) is 0 Å². The van der Waals surface area contributed by atoms with Gasteiger partial charge in [-0.15, -0.1) is 0 Å². The fraction of sp³-hybridized carbons (Fsp3) is 0.353. The fourth-order valence-corrected chi connectivity index (χ4v) is 2.50. The van der Waals surface area contributed by atoms with Gasteiger partial charge in [-0.25, -0.2) is 0 Å². The lowest BCUT2D eigenvalue weighted by molar-refractivity contribution is -0.135. The molecule has 0 aliphatic heterocycles. The minimum atomic E-state index is -1.27. The molecule has 26 heavy (non-hydrogen) atoms. The molecule has 0 bridgehead atoms. The lowest BCUT2D eigenvalue weighted by Crippen LogP contribution is -2.33. The molecule has 9 nitrogen and oxygen atoms in total. The molecule has 3 rings (SSSR count). The van der Waals surface area contributed by atoms with Gasteiger partial charge in [-0.1, -0.05) is 0 Å². The summed E-state index contributed by atoms with van der Waals surface area (Å²) < 4.78 is 10.9. The summed E-state index contributed by atoms with van der Waals surface area (Å²) in [7, 11) is 1.44. The Kier molecular flexibility index (Phi) is 4.70. The van der Waals surface area contributed by atoms with Crippen molar-refractivity contribution in [2.75, 3.05) is 20.3 Å². The molecule has 4 N–H and O–H groups in total. The van der Waals surface area contributed by atoms with E-state index in [2.05, 4.69) is 10.3 Å². The molecule has 1 aliphatic carbocycles. The van der Waals surface area contributed by atoms with E-state index in [0.29, 0.717) is 24.0 Å². The Labute approximate surface area is 147 Å². The summed E-state index contributed by atoms with van der Waals surface area (Å²) in [6, 6.07) is 3.04. The van der Waals surface area contributed by atoms with Crippen molar-refractivity contribution in [1.82, 2.24) is 10.3 Å². The van der Waals surface area contributed by atoms with Crippen LogP contribution in [0, 0.1) is 5.92 Å². The van der Waals surface area contributed by atoms with E-state index in [1.807, 2.05) is 0 Å². The van der Waals surface area contributed by atoms with Crippen LogP contribution in [0.1, 0.15) is 23.2 Å². The van der Waals surface area contributed by atoms with Gasteiger partial charge >= 0.3 is 5.97 Å². The van der Waals surface area contributed by atoms with Crippen molar-refractivity contribution in [2.45, 2.75) is 12.8 Å². The summed E-state index contributed by atoms with van der Waals surface area (Å²) in [5, 5.41) is 21.3. The van der Waals surface area contributed by atoms with Crippen molar-refractivity contribution < 1.29 is 29.3 Å². The van der Waals surface area contributed by atoms with Crippen LogP contribution >= 0.6 is 0 Å². The van der Waals surface area contributed by atoms with E-state index in [1.54, 1.807) is 6.07 Å². The van der Waals surface area contributed by atoms with E-state index in [-0.39, 0.29) is 10.9 Å². The maximum atomic E-state index is 12.3. The number of hydrogen-bond acceptors (Lipinski definition) is 6. The normalized spacial score (nSPS) is 13.4. The number of carboxylic acid groups (broad SMARTS) is 1. The highest BCUT2D eigenvalue weighted by molar-refractivity contribution is 6.04. The molecule has 1 fully saturated rings. The number of carbonyl (C=O) groups excluding carboxylic acids is 1. The standard InChI is InChI=1S/C17H18N2O7/c1-25-9-4-10-14(11(5-9)26-7-8-2-3-8)19-17(24)13(15(10)22)16(23)18-6-12(20)21/h4-5,8H,2-3,6-7H2,1H3,(H,18,23)(H,20,21)(H2,19,22,24). The maximum absolute atomic E-state index is 12.3. The van der Waals surface area contributed by atoms with Crippen LogP contribution in [0.2, 0.25) is 0 Å². The largest absolute Gasteiger partial charge is 0.506 e. The molecule has 1 aromatic carbocycles. The summed E-state index contributed by atoms with van der Waals surface area (Å²) in [5.41, 5.74) is -1.18. The smallest absolute Gasteiger partial charge is 0.322 e. The molecule has 0 atom stereocenters. The Morgan fingerprint density at radius 1 is 1.35 bits per heavy atom. The first kappa shape index (κ1) is 17.6. The molecule has 1 aliphatic rings. The second kappa shape index (κ2) is 6.95. The number of aromatic amines is 1. The maximum Gasteiger partial charge on any atom is 0.322 e. The summed E-state index contributed by atoms with van der Waals surface area (Å²) in [6.07, 6.45) is 2.16. The minimum Gasteiger partial charge on any atom is -0.506 e. The van der Waals surface area contributed by atoms with Crippen molar-refractivity contribution in [3.63, 3.8) is 0 Å². The summed E-state index contributed by atoms with van der Waals surface area (Å²) in [5.74, 6) is -1.65. The first-order chi connectivity index (χ1) is 12.4. The number of H-pyrrole nitrogens is 1. The summed E-state index contributed by atoms with van der Waals surface area (Å²) in [4.78, 5) is 37.5. The Morgan fingerprint density at radius 3 is 2.69 bits per heavy atom. The molecule has 0 radical (unpaired) electrons. The third kappa shape index (κ3) is 3.56. The Balaban J connectivity index is 2.07. The van der Waals surface area contributed by atoms with Crippen LogP contribution in [0.5, 0.6) is 17.2 Å². The van der Waals surface area contributed by atoms with Gasteiger partial charge in [-0.05, 0) is 24.8 Å². The third-order valence-electron chi connectivity index (χ3n) is 4.07. The summed E-state index contributed by atoms with van der Waals surface area (Å²) >= 11 is 0. The highest BCUT2D eigenvalue weighted by Gasteiger charge is 2.24. The van der Waals surface area contributed by atoms with E-state index in [1.165, 1.54) is 13.2 Å². The number of aromatic nitrogens is 1. The highest BCUT2D eigenvalue weighted by atomic mass is 16.5. The van der Waals surface area contributed by atoms with Crippen LogP contribution in [0.15, 0.2) is 16.9 Å². The fourth-order valence-electron chi connectivity index (χ4n) is 2.50.